The summed E-state index contributed by atoms with van der Waals surface area (Å²) in [6.45, 7) is 3.08. The molecule has 0 aromatic heterocycles. The van der Waals surface area contributed by atoms with Crippen LogP contribution >= 0.6 is 0 Å². The van der Waals surface area contributed by atoms with E-state index in [-0.39, 0.29) is 36.4 Å². The van der Waals surface area contributed by atoms with E-state index in [4.69, 9.17) is 29.4 Å². The number of nitrogens with zero attached hydrogens (tertiary/aromatic N) is 2. The summed E-state index contributed by atoms with van der Waals surface area (Å²) in [5, 5.41) is 12.2. The maximum absolute atomic E-state index is 16.2. The van der Waals surface area contributed by atoms with Gasteiger partial charge < -0.3 is 39.8 Å². The summed E-state index contributed by atoms with van der Waals surface area (Å²) in [5.74, 6) is -2.87. The first-order valence-corrected chi connectivity index (χ1v) is 21.5. The lowest BCUT2D eigenvalue weighted by Gasteiger charge is -2.46. The van der Waals surface area contributed by atoms with E-state index in [2.05, 4.69) is 17.2 Å². The van der Waals surface area contributed by atoms with E-state index in [1.165, 1.54) is 18.2 Å². The second-order valence-corrected chi connectivity index (χ2v) is 16.5. The number of carbonyl (C=O) groups excluding carboxylic acids is 7. The first-order chi connectivity index (χ1) is 32.2. The highest BCUT2D eigenvalue weighted by atomic mass is 16.6. The van der Waals surface area contributed by atoms with Crippen molar-refractivity contribution in [1.82, 2.24) is 10.2 Å². The van der Waals surface area contributed by atoms with Crippen molar-refractivity contribution >= 4 is 47.4 Å². The highest BCUT2D eigenvalue weighted by Gasteiger charge is 2.75. The Bertz CT molecular complexity index is 2600. The number of rotatable bonds is 13. The van der Waals surface area contributed by atoms with Gasteiger partial charge in [0.2, 0.25) is 11.8 Å². The van der Waals surface area contributed by atoms with Gasteiger partial charge in [0.25, 0.3) is 0 Å². The van der Waals surface area contributed by atoms with Crippen molar-refractivity contribution in [1.29, 1.82) is 0 Å². The van der Waals surface area contributed by atoms with Crippen molar-refractivity contribution in [2.24, 2.45) is 23.5 Å². The van der Waals surface area contributed by atoms with Gasteiger partial charge in [0.05, 0.1) is 51.6 Å². The lowest BCUT2D eigenvalue weighted by molar-refractivity contribution is -0.178. The fraction of sp³-hybridized carbons (Fsp3) is 0.340. The number of morpholine rings is 1. The SMILES string of the molecule is COC(=O)C(CC#Cc1ccc2c(c1)[C@]1(C(=O)N2C(=O)N[C@H](C(=O)OC)C(C)C)[C@H](C(N)=O)[C@H]2C(=O)O[C@H](c3ccccc3)[C@H](c3ccccc3)N2[C@@H]1c1ccc(OCCO)cc1)C(=O)OC. The number of esters is 4. The Morgan fingerprint density at radius 3 is 1.99 bits per heavy atom. The number of urea groups is 1. The van der Waals surface area contributed by atoms with Crippen molar-refractivity contribution in [2.75, 3.05) is 39.4 Å². The second-order valence-electron chi connectivity index (χ2n) is 16.5. The van der Waals surface area contributed by atoms with Gasteiger partial charge in [-0.3, -0.25) is 28.9 Å². The molecular weight excluding hydrogens is 865 g/mol. The number of methoxy groups -OCH3 is 3. The fourth-order valence-electron chi connectivity index (χ4n) is 9.55. The number of cyclic esters (lactones) is 1. The molecule has 0 aliphatic carbocycles. The molecule has 67 heavy (non-hydrogen) atoms. The molecule has 0 radical (unpaired) electrons. The van der Waals surface area contributed by atoms with Gasteiger partial charge in [0.15, 0.2) is 5.92 Å². The molecule has 4 aromatic carbocycles. The molecule has 7 atom stereocenters. The Morgan fingerprint density at radius 2 is 1.42 bits per heavy atom. The Balaban J connectivity index is 1.53. The number of nitrogens with one attached hydrogen (secondary N) is 1. The van der Waals surface area contributed by atoms with Crippen LogP contribution in [0.1, 0.15) is 66.3 Å². The number of ether oxygens (including phenoxy) is 5. The molecule has 4 amide bonds. The number of amides is 4. The number of benzene rings is 4. The topological polar surface area (TPSA) is 230 Å². The number of hydrogen-bond donors (Lipinski definition) is 3. The molecule has 3 aliphatic rings. The van der Waals surface area contributed by atoms with Crippen LogP contribution in [-0.4, -0.2) is 98.4 Å². The fourth-order valence-corrected chi connectivity index (χ4v) is 9.55. The highest BCUT2D eigenvalue weighted by molar-refractivity contribution is 6.25. The lowest BCUT2D eigenvalue weighted by atomic mass is 9.65. The second kappa shape index (κ2) is 19.9. The van der Waals surface area contributed by atoms with Gasteiger partial charge in [0.1, 0.15) is 36.0 Å². The third-order valence-corrected chi connectivity index (χ3v) is 12.4. The molecule has 2 saturated heterocycles. The summed E-state index contributed by atoms with van der Waals surface area (Å²) in [4.78, 5) is 101. The molecule has 348 valence electrons. The number of anilines is 1. The van der Waals surface area contributed by atoms with E-state index in [0.717, 1.165) is 26.2 Å². The zero-order chi connectivity index (χ0) is 48.2. The quantitative estimate of drug-likeness (QED) is 0.0750. The van der Waals surface area contributed by atoms with Crippen molar-refractivity contribution in [3.05, 3.63) is 131 Å². The number of imide groups is 1. The molecule has 0 unspecified atom stereocenters. The highest BCUT2D eigenvalue weighted by Crippen LogP contribution is 2.65. The van der Waals surface area contributed by atoms with Gasteiger partial charge in [-0.25, -0.2) is 14.5 Å². The van der Waals surface area contributed by atoms with E-state index in [9.17, 15) is 33.9 Å². The molecular formula is C50H50N4O13. The van der Waals surface area contributed by atoms with Gasteiger partial charge in [0, 0.05) is 12.0 Å². The minimum Gasteiger partial charge on any atom is -0.491 e. The molecule has 3 heterocycles. The molecule has 17 nitrogen and oxygen atoms in total. The van der Waals surface area contributed by atoms with Crippen LogP contribution in [0.4, 0.5) is 10.5 Å². The Morgan fingerprint density at radius 1 is 0.806 bits per heavy atom. The maximum atomic E-state index is 16.2. The summed E-state index contributed by atoms with van der Waals surface area (Å²) < 4.78 is 26.7. The predicted molar refractivity (Wildman–Crippen MR) is 238 cm³/mol. The zero-order valence-electron chi connectivity index (χ0n) is 37.4. The number of primary amides is 1. The number of aliphatic hydroxyl groups excluding tert-OH is 1. The van der Waals surface area contributed by atoms with Crippen LogP contribution in [0.25, 0.3) is 0 Å². The third kappa shape index (κ3) is 8.57. The molecule has 4 N–H and O–H groups in total. The molecule has 2 fully saturated rings. The Hall–Kier alpha value is -7.55. The smallest absolute Gasteiger partial charge is 0.329 e. The van der Waals surface area contributed by atoms with E-state index >= 15 is 4.79 Å². The molecule has 4 aromatic rings. The maximum Gasteiger partial charge on any atom is 0.329 e. The summed E-state index contributed by atoms with van der Waals surface area (Å²) >= 11 is 0. The van der Waals surface area contributed by atoms with Crippen LogP contribution in [0.15, 0.2) is 103 Å². The third-order valence-electron chi connectivity index (χ3n) is 12.4. The number of aliphatic hydroxyl groups is 1. The average Bonchev–Trinajstić information content (AvgIpc) is 3.80. The Labute approximate surface area is 386 Å². The average molecular weight is 915 g/mol. The van der Waals surface area contributed by atoms with E-state index in [1.54, 1.807) is 67.3 Å². The standard InChI is InChI=1S/C50H50N4O13/c1-28(2)38(46(59)65-5)52-49(62)53-36-24-19-29(13-12-18-34(44(57)63-3)45(58)64-4)27-35(36)50(48(53)61)37(43(51)56)40-47(60)67-41(31-16-10-7-11-17-31)39(30-14-8-6-9-15-30)54(40)42(50)32-20-22-33(23-21-32)66-26-25-55/h6-11,14-17,19-24,27-28,34,37-42,55H,18,25-26H2,1-5H3,(H2,51,56)(H,52,62)/t37-,38-,39-,40-,41+,42+,50-/m0/s1. The van der Waals surface area contributed by atoms with Gasteiger partial charge in [-0.15, -0.1) is 0 Å². The van der Waals surface area contributed by atoms with Crippen LogP contribution in [0.3, 0.4) is 0 Å². The van der Waals surface area contributed by atoms with Crippen molar-refractivity contribution in [2.45, 2.75) is 56.0 Å². The monoisotopic (exact) mass is 914 g/mol. The van der Waals surface area contributed by atoms with Gasteiger partial charge in [-0.1, -0.05) is 98.5 Å². The van der Waals surface area contributed by atoms with Crippen molar-refractivity contribution in [3.63, 3.8) is 0 Å². The van der Waals surface area contributed by atoms with E-state index < -0.39 is 95.2 Å². The van der Waals surface area contributed by atoms with Crippen LogP contribution < -0.4 is 20.7 Å². The number of nitrogens with two attached hydrogens (primary N) is 1. The van der Waals surface area contributed by atoms with E-state index in [0.29, 0.717) is 22.4 Å². The minimum absolute atomic E-state index is 0.00865. The molecule has 3 aliphatic heterocycles. The summed E-state index contributed by atoms with van der Waals surface area (Å²) in [6.07, 6.45) is -1.32. The van der Waals surface area contributed by atoms with Gasteiger partial charge in [-0.05, 0) is 58.5 Å². The van der Waals surface area contributed by atoms with Crippen LogP contribution in [0.5, 0.6) is 5.75 Å². The Kier molecular flexibility index (Phi) is 14.1. The summed E-state index contributed by atoms with van der Waals surface area (Å²) in [7, 11) is 3.41. The largest absolute Gasteiger partial charge is 0.491 e. The molecule has 7 rings (SSSR count). The zero-order valence-corrected chi connectivity index (χ0v) is 37.4. The first-order valence-electron chi connectivity index (χ1n) is 21.5. The molecule has 0 saturated carbocycles. The lowest BCUT2D eigenvalue weighted by Crippen LogP contribution is -2.57. The van der Waals surface area contributed by atoms with Crippen LogP contribution in [0, 0.1) is 29.6 Å². The first kappa shape index (κ1) is 47.4. The van der Waals surface area contributed by atoms with Gasteiger partial charge in [-0.2, -0.15) is 0 Å². The van der Waals surface area contributed by atoms with Crippen LogP contribution in [0.2, 0.25) is 0 Å². The normalized spacial score (nSPS) is 22.2. The van der Waals surface area contributed by atoms with E-state index in [1.807, 2.05) is 36.4 Å². The summed E-state index contributed by atoms with van der Waals surface area (Å²) in [5.41, 5.74) is 6.21. The van der Waals surface area contributed by atoms with Gasteiger partial charge >= 0.3 is 29.9 Å². The predicted octanol–water partition coefficient (Wildman–Crippen LogP) is 3.82. The minimum atomic E-state index is -2.22. The number of hydrogen-bond acceptors (Lipinski definition) is 14. The molecule has 17 heteroatoms. The molecule has 1 spiro atoms. The molecule has 0 bridgehead atoms. The van der Waals surface area contributed by atoms with Crippen molar-refractivity contribution in [3.8, 4) is 17.6 Å². The number of fused-ring (bicyclic) bond motifs is 3. The number of carbonyl (C=O) groups is 7. The van der Waals surface area contributed by atoms with Crippen LogP contribution in [-0.2, 0) is 53.1 Å². The van der Waals surface area contributed by atoms with Crippen molar-refractivity contribution < 1.29 is 62.4 Å². The summed E-state index contributed by atoms with van der Waals surface area (Å²) in [6, 6.07) is 23.2.